The van der Waals surface area contributed by atoms with E-state index in [4.69, 9.17) is 9.47 Å². The lowest BCUT2D eigenvalue weighted by Crippen LogP contribution is -2.49. The Morgan fingerprint density at radius 2 is 1.90 bits per heavy atom. The summed E-state index contributed by atoms with van der Waals surface area (Å²) in [5, 5.41) is 6.40. The van der Waals surface area contributed by atoms with Crippen LogP contribution in [0.15, 0.2) is 35.3 Å². The number of amides is 1. The molecule has 2 N–H and O–H groups in total. The Morgan fingerprint density at radius 1 is 1.24 bits per heavy atom. The van der Waals surface area contributed by atoms with E-state index in [1.807, 2.05) is 58.0 Å². The molecule has 162 valence electrons. The van der Waals surface area contributed by atoms with Crippen LogP contribution in [0.2, 0.25) is 0 Å². The number of hydrogen-bond acceptors (Lipinski definition) is 4. The highest BCUT2D eigenvalue weighted by atomic mass is 16.6. The van der Waals surface area contributed by atoms with E-state index in [0.717, 1.165) is 44.1 Å². The summed E-state index contributed by atoms with van der Waals surface area (Å²) in [4.78, 5) is 19.0. The molecule has 1 fully saturated rings. The van der Waals surface area contributed by atoms with E-state index in [-0.39, 0.29) is 6.04 Å². The standard InChI is InChI=1S/C22H36N4O3/c1-6-28-18-12-14-26(15-13-18)20(23-5)24-16-19(17-10-8-7-9-11-17)25-21(27)29-22(2,3)4/h7-11,18-19H,6,12-16H2,1-5H3,(H,23,24)(H,25,27). The van der Waals surface area contributed by atoms with Crippen molar-refractivity contribution in [1.29, 1.82) is 0 Å². The molecule has 1 amide bonds. The molecular weight excluding hydrogens is 368 g/mol. The molecule has 1 aliphatic rings. The number of benzene rings is 1. The van der Waals surface area contributed by atoms with Gasteiger partial charge in [-0.2, -0.15) is 0 Å². The molecule has 0 saturated carbocycles. The van der Waals surface area contributed by atoms with Gasteiger partial charge in [0.15, 0.2) is 5.96 Å². The third-order valence-corrected chi connectivity index (χ3v) is 4.71. The Kier molecular flexibility index (Phi) is 8.76. The molecule has 0 spiro atoms. The molecule has 0 radical (unpaired) electrons. The number of ether oxygens (including phenoxy) is 2. The lowest BCUT2D eigenvalue weighted by atomic mass is 10.1. The summed E-state index contributed by atoms with van der Waals surface area (Å²) >= 11 is 0. The number of hydrogen-bond donors (Lipinski definition) is 2. The molecule has 7 nitrogen and oxygen atoms in total. The fraction of sp³-hybridized carbons (Fsp3) is 0.636. The molecule has 1 atom stereocenters. The molecule has 7 heteroatoms. The molecule has 1 unspecified atom stereocenters. The molecule has 1 aromatic rings. The van der Waals surface area contributed by atoms with Crippen LogP contribution in [-0.4, -0.2) is 61.9 Å². The van der Waals surface area contributed by atoms with Crippen molar-refractivity contribution in [2.75, 3.05) is 33.3 Å². The molecule has 29 heavy (non-hydrogen) atoms. The van der Waals surface area contributed by atoms with Gasteiger partial charge in [-0.25, -0.2) is 4.79 Å². The second kappa shape index (κ2) is 11.0. The van der Waals surface area contributed by atoms with E-state index in [9.17, 15) is 4.79 Å². The Labute approximate surface area is 174 Å². The topological polar surface area (TPSA) is 75.2 Å². The van der Waals surface area contributed by atoms with Crippen molar-refractivity contribution in [3.63, 3.8) is 0 Å². The highest BCUT2D eigenvalue weighted by molar-refractivity contribution is 5.80. The van der Waals surface area contributed by atoms with Crippen molar-refractivity contribution in [2.24, 2.45) is 4.99 Å². The average Bonchev–Trinajstić information content (AvgIpc) is 2.68. The fourth-order valence-corrected chi connectivity index (χ4v) is 3.38. The maximum atomic E-state index is 12.3. The quantitative estimate of drug-likeness (QED) is 0.562. The van der Waals surface area contributed by atoms with Gasteiger partial charge in [0, 0.05) is 33.3 Å². The highest BCUT2D eigenvalue weighted by Gasteiger charge is 2.24. The Bertz CT molecular complexity index is 650. The van der Waals surface area contributed by atoms with Crippen LogP contribution in [0.5, 0.6) is 0 Å². The number of rotatable bonds is 6. The lowest BCUT2D eigenvalue weighted by molar-refractivity contribution is 0.0263. The minimum absolute atomic E-state index is 0.233. The Morgan fingerprint density at radius 3 is 2.45 bits per heavy atom. The van der Waals surface area contributed by atoms with Gasteiger partial charge in [0.2, 0.25) is 0 Å². The van der Waals surface area contributed by atoms with Crippen LogP contribution in [-0.2, 0) is 9.47 Å². The number of likely N-dealkylation sites (tertiary alicyclic amines) is 1. The summed E-state index contributed by atoms with van der Waals surface area (Å²) in [7, 11) is 1.79. The smallest absolute Gasteiger partial charge is 0.408 e. The fourth-order valence-electron chi connectivity index (χ4n) is 3.38. The van der Waals surface area contributed by atoms with E-state index >= 15 is 0 Å². The maximum Gasteiger partial charge on any atom is 0.408 e. The largest absolute Gasteiger partial charge is 0.444 e. The molecule has 1 saturated heterocycles. The van der Waals surface area contributed by atoms with Gasteiger partial charge in [0.25, 0.3) is 0 Å². The number of carbonyl (C=O) groups is 1. The predicted octanol–water partition coefficient (Wildman–Crippen LogP) is 3.33. The SMILES string of the molecule is CCOC1CCN(C(=NC)NCC(NC(=O)OC(C)(C)C)c2ccccc2)CC1. The molecular formula is C22H36N4O3. The number of piperidine rings is 1. The third-order valence-electron chi connectivity index (χ3n) is 4.71. The van der Waals surface area contributed by atoms with Crippen LogP contribution in [0.25, 0.3) is 0 Å². The van der Waals surface area contributed by atoms with E-state index in [2.05, 4.69) is 20.5 Å². The zero-order valence-corrected chi connectivity index (χ0v) is 18.4. The third kappa shape index (κ3) is 7.93. The van der Waals surface area contributed by atoms with Gasteiger partial charge in [-0.3, -0.25) is 4.99 Å². The molecule has 0 aromatic heterocycles. The monoisotopic (exact) mass is 404 g/mol. The van der Waals surface area contributed by atoms with Crippen LogP contribution in [0, 0.1) is 0 Å². The van der Waals surface area contributed by atoms with Gasteiger partial charge >= 0.3 is 6.09 Å². The zero-order chi connectivity index (χ0) is 21.3. The van der Waals surface area contributed by atoms with E-state index in [1.165, 1.54) is 0 Å². The first kappa shape index (κ1) is 23.0. The maximum absolute atomic E-state index is 12.3. The number of guanidine groups is 1. The predicted molar refractivity (Wildman–Crippen MR) is 116 cm³/mol. The summed E-state index contributed by atoms with van der Waals surface area (Å²) in [5.41, 5.74) is 0.469. The van der Waals surface area contributed by atoms with Crippen molar-refractivity contribution < 1.29 is 14.3 Å². The summed E-state index contributed by atoms with van der Waals surface area (Å²) in [5.74, 6) is 0.840. The molecule has 0 bridgehead atoms. The summed E-state index contributed by atoms with van der Waals surface area (Å²) < 4.78 is 11.2. The number of nitrogens with one attached hydrogen (secondary N) is 2. The van der Waals surface area contributed by atoms with Crippen LogP contribution in [0.1, 0.15) is 52.1 Å². The summed E-state index contributed by atoms with van der Waals surface area (Å²) in [6.07, 6.45) is 1.89. The first-order valence-corrected chi connectivity index (χ1v) is 10.4. The minimum atomic E-state index is -0.542. The number of alkyl carbamates (subject to hydrolysis) is 1. The Balaban J connectivity index is 1.98. The molecule has 1 aromatic carbocycles. The lowest BCUT2D eigenvalue weighted by Gasteiger charge is -2.34. The van der Waals surface area contributed by atoms with Crippen LogP contribution < -0.4 is 10.6 Å². The van der Waals surface area contributed by atoms with Crippen LogP contribution in [0.4, 0.5) is 4.79 Å². The normalized spacial score (nSPS) is 17.0. The van der Waals surface area contributed by atoms with Crippen LogP contribution in [0.3, 0.4) is 0 Å². The molecule has 1 aliphatic heterocycles. The average molecular weight is 405 g/mol. The van der Waals surface area contributed by atoms with Gasteiger partial charge in [0.05, 0.1) is 12.1 Å². The van der Waals surface area contributed by atoms with Gasteiger partial charge in [-0.05, 0) is 46.1 Å². The van der Waals surface area contributed by atoms with E-state index in [1.54, 1.807) is 7.05 Å². The van der Waals surface area contributed by atoms with Gasteiger partial charge in [0.1, 0.15) is 5.60 Å². The zero-order valence-electron chi connectivity index (χ0n) is 18.4. The van der Waals surface area contributed by atoms with Crippen molar-refractivity contribution in [3.05, 3.63) is 35.9 Å². The van der Waals surface area contributed by atoms with Gasteiger partial charge < -0.3 is 25.0 Å². The number of nitrogens with zero attached hydrogens (tertiary/aromatic N) is 2. The summed E-state index contributed by atoms with van der Waals surface area (Å²) in [6, 6.07) is 9.66. The highest BCUT2D eigenvalue weighted by Crippen LogP contribution is 2.16. The second-order valence-corrected chi connectivity index (χ2v) is 8.18. The van der Waals surface area contributed by atoms with Crippen molar-refractivity contribution in [2.45, 2.75) is 58.3 Å². The van der Waals surface area contributed by atoms with Crippen molar-refractivity contribution >= 4 is 12.1 Å². The molecule has 1 heterocycles. The number of carbonyl (C=O) groups excluding carboxylic acids is 1. The first-order chi connectivity index (χ1) is 13.8. The first-order valence-electron chi connectivity index (χ1n) is 10.4. The van der Waals surface area contributed by atoms with Gasteiger partial charge in [-0.1, -0.05) is 30.3 Å². The van der Waals surface area contributed by atoms with E-state index < -0.39 is 11.7 Å². The second-order valence-electron chi connectivity index (χ2n) is 8.18. The molecule has 0 aliphatic carbocycles. The Hall–Kier alpha value is -2.28. The van der Waals surface area contributed by atoms with Crippen molar-refractivity contribution in [1.82, 2.24) is 15.5 Å². The van der Waals surface area contributed by atoms with Crippen LogP contribution >= 0.6 is 0 Å². The summed E-state index contributed by atoms with van der Waals surface area (Å²) in [6.45, 7) is 10.7. The minimum Gasteiger partial charge on any atom is -0.444 e. The van der Waals surface area contributed by atoms with Crippen molar-refractivity contribution in [3.8, 4) is 0 Å². The van der Waals surface area contributed by atoms with Gasteiger partial charge in [-0.15, -0.1) is 0 Å². The van der Waals surface area contributed by atoms with E-state index in [0.29, 0.717) is 12.6 Å². The number of aliphatic imine (C=N–C) groups is 1. The molecule has 2 rings (SSSR count).